The van der Waals surface area contributed by atoms with Gasteiger partial charge in [0.05, 0.1) is 0 Å². The highest BCUT2D eigenvalue weighted by Crippen LogP contribution is 2.19. The maximum Gasteiger partial charge on any atom is 0.287 e. The second kappa shape index (κ2) is 4.81. The van der Waals surface area contributed by atoms with E-state index in [1.54, 1.807) is 10.6 Å². The molecule has 0 spiro atoms. The van der Waals surface area contributed by atoms with Crippen LogP contribution in [0.15, 0.2) is 0 Å². The van der Waals surface area contributed by atoms with Gasteiger partial charge >= 0.3 is 0 Å². The molecule has 0 aromatic rings. The Balaban J connectivity index is 2.13. The fraction of sp³-hybridized carbons (Fsp3) is 1.00. The van der Waals surface area contributed by atoms with Crippen molar-refractivity contribution in [2.24, 2.45) is 0 Å². The van der Waals surface area contributed by atoms with Crippen LogP contribution in [0.25, 0.3) is 0 Å². The van der Waals surface area contributed by atoms with Gasteiger partial charge in [0.25, 0.3) is 13.5 Å². The second-order valence-electron chi connectivity index (χ2n) is 4.93. The van der Waals surface area contributed by atoms with E-state index in [4.69, 9.17) is 4.43 Å². The van der Waals surface area contributed by atoms with E-state index in [0.717, 1.165) is 0 Å². The first-order chi connectivity index (χ1) is 5.58. The van der Waals surface area contributed by atoms with Crippen LogP contribution in [0.4, 0.5) is 0 Å². The molecular formula is C9H21AlOSi. The molecule has 1 rings (SSSR count). The first-order valence-corrected chi connectivity index (χ1v) is 10.7. The summed E-state index contributed by atoms with van der Waals surface area (Å²) in [4.78, 5) is 0. The molecule has 0 aromatic carbocycles. The number of hydrogen-bond donors (Lipinski definition) is 0. The van der Waals surface area contributed by atoms with E-state index in [1.807, 2.05) is 0 Å². The predicted molar refractivity (Wildman–Crippen MR) is 58.6 cm³/mol. The Morgan fingerprint density at radius 3 is 2.17 bits per heavy atom. The lowest BCUT2D eigenvalue weighted by Crippen LogP contribution is -2.33. The Labute approximate surface area is 82.6 Å². The highest BCUT2D eigenvalue weighted by atomic mass is 28.8. The molecule has 1 aliphatic heterocycles. The quantitative estimate of drug-likeness (QED) is 0.620. The van der Waals surface area contributed by atoms with Gasteiger partial charge in [0.1, 0.15) is 8.32 Å². The monoisotopic (exact) mass is 200 g/mol. The zero-order valence-corrected chi connectivity index (χ0v) is 11.3. The van der Waals surface area contributed by atoms with Gasteiger partial charge in [-0.2, -0.15) is 0 Å². The molecule has 12 heavy (non-hydrogen) atoms. The summed E-state index contributed by atoms with van der Waals surface area (Å²) in [5.41, 5.74) is 0.149. The fourth-order valence-corrected chi connectivity index (χ4v) is 9.75. The first kappa shape index (κ1) is 10.8. The van der Waals surface area contributed by atoms with Crippen LogP contribution in [0.2, 0.25) is 10.6 Å². The Morgan fingerprint density at radius 2 is 1.67 bits per heavy atom. The third-order valence-electron chi connectivity index (χ3n) is 2.48. The average molecular weight is 200 g/mol. The van der Waals surface area contributed by atoms with Crippen molar-refractivity contribution in [2.45, 2.75) is 56.2 Å². The van der Waals surface area contributed by atoms with Crippen LogP contribution in [0.5, 0.6) is 0 Å². The summed E-state index contributed by atoms with van der Waals surface area (Å²) in [5.74, 6) is 0. The smallest absolute Gasteiger partial charge is 0.287 e. The lowest BCUT2D eigenvalue weighted by Gasteiger charge is -2.24. The molecule has 0 saturated carbocycles. The zero-order chi connectivity index (χ0) is 9.03. The van der Waals surface area contributed by atoms with Crippen LogP contribution in [0.3, 0.4) is 0 Å². The second-order valence-corrected chi connectivity index (χ2v) is 12.9. The number of rotatable bonds is 2. The summed E-state index contributed by atoms with van der Waals surface area (Å²) in [5, 5.41) is 3.17. The molecule has 0 aliphatic carbocycles. The molecule has 0 atom stereocenters. The largest absolute Gasteiger partial charge is 0.433 e. The van der Waals surface area contributed by atoms with Crippen molar-refractivity contribution in [1.82, 2.24) is 0 Å². The van der Waals surface area contributed by atoms with E-state index in [1.165, 1.54) is 19.3 Å². The molecular weight excluding hydrogens is 179 g/mol. The summed E-state index contributed by atoms with van der Waals surface area (Å²) in [7, 11) is -0.0998. The van der Waals surface area contributed by atoms with Crippen molar-refractivity contribution in [3.63, 3.8) is 0 Å². The van der Waals surface area contributed by atoms with Crippen molar-refractivity contribution in [2.75, 3.05) is 0 Å². The molecule has 3 heteroatoms. The highest BCUT2D eigenvalue weighted by Gasteiger charge is 2.23. The van der Waals surface area contributed by atoms with Crippen LogP contribution < -0.4 is 0 Å². The van der Waals surface area contributed by atoms with E-state index in [-0.39, 0.29) is 27.4 Å². The van der Waals surface area contributed by atoms with E-state index in [9.17, 15) is 0 Å². The molecule has 0 bridgehead atoms. The van der Waals surface area contributed by atoms with Gasteiger partial charge in [0.2, 0.25) is 0 Å². The predicted octanol–water partition coefficient (Wildman–Crippen LogP) is 2.06. The molecule has 1 saturated heterocycles. The molecule has 0 aromatic heterocycles. The average Bonchev–Trinajstić information content (AvgIpc) is 2.02. The lowest BCUT2D eigenvalue weighted by molar-refractivity contribution is 0.143. The Hall–Kier alpha value is 0.709. The maximum atomic E-state index is 5.97. The standard InChI is InChI=1S/C5H10.C4H11OSi.Al/c1-3-5-4-2;1-4(2,3)5-6;/h1-5H2;6H2,1-3H3;. The summed E-state index contributed by atoms with van der Waals surface area (Å²) in [6.45, 7) is 6.58. The maximum absolute atomic E-state index is 5.97. The molecule has 1 nitrogen and oxygen atoms in total. The fourth-order valence-electron chi connectivity index (χ4n) is 1.72. The first-order valence-electron chi connectivity index (χ1n) is 5.22. The topological polar surface area (TPSA) is 9.23 Å². The van der Waals surface area contributed by atoms with Gasteiger partial charge in [-0.3, -0.25) is 0 Å². The normalized spacial score (nSPS) is 20.8. The van der Waals surface area contributed by atoms with Gasteiger partial charge in [-0.25, -0.2) is 0 Å². The third-order valence-corrected chi connectivity index (χ3v) is 10.8. The van der Waals surface area contributed by atoms with E-state index in [0.29, 0.717) is 0 Å². The van der Waals surface area contributed by atoms with Gasteiger partial charge in [0.15, 0.2) is 0 Å². The van der Waals surface area contributed by atoms with Crippen LogP contribution in [0, 0.1) is 0 Å². The summed E-state index contributed by atoms with van der Waals surface area (Å²) in [6.07, 6.45) is 4.52. The minimum absolute atomic E-state index is 0.0998. The van der Waals surface area contributed by atoms with Gasteiger partial charge in [0, 0.05) is 5.60 Å². The minimum Gasteiger partial charge on any atom is -0.433 e. The molecule has 0 N–H and O–H groups in total. The molecule has 1 heterocycles. The van der Waals surface area contributed by atoms with Crippen LogP contribution >= 0.6 is 0 Å². The van der Waals surface area contributed by atoms with Crippen LogP contribution in [0.1, 0.15) is 40.0 Å². The summed E-state index contributed by atoms with van der Waals surface area (Å²) >= 11 is -0.309. The summed E-state index contributed by atoms with van der Waals surface area (Å²) < 4.78 is 5.97. The molecule has 0 amide bonds. The lowest BCUT2D eigenvalue weighted by atomic mass is 10.2. The molecule has 1 fully saturated rings. The minimum atomic E-state index is -0.309. The van der Waals surface area contributed by atoms with Crippen molar-refractivity contribution in [3.8, 4) is 0 Å². The van der Waals surface area contributed by atoms with Gasteiger partial charge in [-0.05, 0) is 20.8 Å². The van der Waals surface area contributed by atoms with Gasteiger partial charge in [-0.1, -0.05) is 29.8 Å². The SMILES string of the molecule is CC(C)(C)O[SiH2][Al]1[CH2]CCC[CH2]1. The Bertz CT molecular complexity index is 127. The van der Waals surface area contributed by atoms with Crippen LogP contribution in [-0.4, -0.2) is 27.4 Å². The van der Waals surface area contributed by atoms with Gasteiger partial charge in [-0.15, -0.1) is 0 Å². The van der Waals surface area contributed by atoms with Crippen molar-refractivity contribution in [1.29, 1.82) is 0 Å². The molecule has 0 unspecified atom stereocenters. The van der Waals surface area contributed by atoms with Crippen molar-refractivity contribution < 1.29 is 4.43 Å². The number of hydrogen-bond acceptors (Lipinski definition) is 1. The van der Waals surface area contributed by atoms with E-state index in [2.05, 4.69) is 20.8 Å². The zero-order valence-electron chi connectivity index (χ0n) is 8.73. The highest BCUT2D eigenvalue weighted by molar-refractivity contribution is 7.09. The van der Waals surface area contributed by atoms with Gasteiger partial charge < -0.3 is 4.43 Å². The Kier molecular flexibility index (Phi) is 4.32. The van der Waals surface area contributed by atoms with E-state index >= 15 is 0 Å². The third kappa shape index (κ3) is 4.67. The Morgan fingerprint density at radius 1 is 1.08 bits per heavy atom. The van der Waals surface area contributed by atoms with Crippen molar-refractivity contribution >= 4 is 21.8 Å². The summed E-state index contributed by atoms with van der Waals surface area (Å²) in [6, 6.07) is 0. The molecule has 0 radical (unpaired) electrons. The van der Waals surface area contributed by atoms with Crippen LogP contribution in [-0.2, 0) is 4.43 Å². The van der Waals surface area contributed by atoms with Crippen molar-refractivity contribution in [3.05, 3.63) is 0 Å². The molecule has 1 aliphatic rings. The van der Waals surface area contributed by atoms with E-state index < -0.39 is 0 Å². The molecule has 70 valence electrons.